The summed E-state index contributed by atoms with van der Waals surface area (Å²) < 4.78 is 0. The van der Waals surface area contributed by atoms with Gasteiger partial charge in [-0.15, -0.1) is 0 Å². The predicted octanol–water partition coefficient (Wildman–Crippen LogP) is 4.74. The van der Waals surface area contributed by atoms with Gasteiger partial charge >= 0.3 is 0 Å². The highest BCUT2D eigenvalue weighted by atomic mass is 35.5. The summed E-state index contributed by atoms with van der Waals surface area (Å²) in [4.78, 5) is 4.17. The Bertz CT molecular complexity index is 435. The van der Waals surface area contributed by atoms with E-state index in [4.69, 9.17) is 11.6 Å². The molecule has 0 aromatic carbocycles. The molecule has 1 aliphatic rings. The SMILES string of the molecule is CC(C)(C)C1CCC(=NNc2ccc(Cl)cn2)CC1. The number of aromatic nitrogens is 1. The molecule has 0 bridgehead atoms. The van der Waals surface area contributed by atoms with Crippen molar-refractivity contribution in [1.82, 2.24) is 4.98 Å². The quantitative estimate of drug-likeness (QED) is 0.794. The Kier molecular flexibility index (Phi) is 4.46. The maximum Gasteiger partial charge on any atom is 0.146 e. The molecule has 0 aliphatic heterocycles. The Hall–Kier alpha value is -1.09. The maximum atomic E-state index is 5.79. The van der Waals surface area contributed by atoms with E-state index in [2.05, 4.69) is 36.3 Å². The minimum atomic E-state index is 0.413. The first-order chi connectivity index (χ1) is 8.95. The van der Waals surface area contributed by atoms with Crippen LogP contribution in [0.25, 0.3) is 0 Å². The van der Waals surface area contributed by atoms with Crippen LogP contribution in [0.3, 0.4) is 0 Å². The fourth-order valence-corrected chi connectivity index (χ4v) is 2.62. The van der Waals surface area contributed by atoms with Crippen LogP contribution in [0.4, 0.5) is 5.82 Å². The molecule has 0 saturated heterocycles. The molecule has 1 aromatic rings. The topological polar surface area (TPSA) is 37.3 Å². The first-order valence-electron chi connectivity index (χ1n) is 6.88. The lowest BCUT2D eigenvalue weighted by atomic mass is 9.72. The fraction of sp³-hybridized carbons (Fsp3) is 0.600. The van der Waals surface area contributed by atoms with Crippen molar-refractivity contribution in [1.29, 1.82) is 0 Å². The van der Waals surface area contributed by atoms with Gasteiger partial charge in [-0.05, 0) is 49.1 Å². The van der Waals surface area contributed by atoms with Crippen molar-refractivity contribution < 1.29 is 0 Å². The van der Waals surface area contributed by atoms with E-state index in [0.717, 1.165) is 24.6 Å². The molecule has 104 valence electrons. The van der Waals surface area contributed by atoms with E-state index >= 15 is 0 Å². The fourth-order valence-electron chi connectivity index (χ4n) is 2.51. The second-order valence-electron chi connectivity index (χ2n) is 6.29. The summed E-state index contributed by atoms with van der Waals surface area (Å²) in [6, 6.07) is 3.65. The van der Waals surface area contributed by atoms with Gasteiger partial charge in [-0.3, -0.25) is 5.43 Å². The van der Waals surface area contributed by atoms with Gasteiger partial charge in [-0.2, -0.15) is 5.10 Å². The molecule has 0 unspecified atom stereocenters. The second-order valence-corrected chi connectivity index (χ2v) is 6.73. The molecule has 4 heteroatoms. The summed E-state index contributed by atoms with van der Waals surface area (Å²) in [7, 11) is 0. The van der Waals surface area contributed by atoms with Gasteiger partial charge in [0.25, 0.3) is 0 Å². The van der Waals surface area contributed by atoms with E-state index in [-0.39, 0.29) is 0 Å². The van der Waals surface area contributed by atoms with E-state index < -0.39 is 0 Å². The molecule has 1 fully saturated rings. The van der Waals surface area contributed by atoms with Crippen LogP contribution in [0.2, 0.25) is 5.02 Å². The minimum Gasteiger partial charge on any atom is -0.261 e. The van der Waals surface area contributed by atoms with Crippen LogP contribution < -0.4 is 5.43 Å². The molecule has 1 aromatic heterocycles. The largest absolute Gasteiger partial charge is 0.261 e. The van der Waals surface area contributed by atoms with Crippen LogP contribution in [0.1, 0.15) is 46.5 Å². The molecule has 0 atom stereocenters. The molecule has 1 N–H and O–H groups in total. The van der Waals surface area contributed by atoms with Gasteiger partial charge in [-0.1, -0.05) is 32.4 Å². The summed E-state index contributed by atoms with van der Waals surface area (Å²) >= 11 is 5.79. The molecule has 19 heavy (non-hydrogen) atoms. The predicted molar refractivity (Wildman–Crippen MR) is 81.7 cm³/mol. The average Bonchev–Trinajstić information content (AvgIpc) is 2.37. The third-order valence-electron chi connectivity index (χ3n) is 3.84. The van der Waals surface area contributed by atoms with Gasteiger partial charge in [0.05, 0.1) is 5.02 Å². The zero-order valence-electron chi connectivity index (χ0n) is 11.9. The number of nitrogens with one attached hydrogen (secondary N) is 1. The van der Waals surface area contributed by atoms with Crippen LogP contribution in [-0.2, 0) is 0 Å². The Balaban J connectivity index is 1.87. The number of nitrogens with zero attached hydrogens (tertiary/aromatic N) is 2. The van der Waals surface area contributed by atoms with E-state index in [0.29, 0.717) is 10.4 Å². The van der Waals surface area contributed by atoms with E-state index in [1.54, 1.807) is 6.20 Å². The first kappa shape index (κ1) is 14.3. The lowest BCUT2D eigenvalue weighted by molar-refractivity contribution is 0.208. The Morgan fingerprint density at radius 2 is 1.95 bits per heavy atom. The Morgan fingerprint density at radius 1 is 1.26 bits per heavy atom. The first-order valence-corrected chi connectivity index (χ1v) is 7.26. The molecule has 0 spiro atoms. The third kappa shape index (κ3) is 4.20. The van der Waals surface area contributed by atoms with Crippen molar-refractivity contribution in [2.45, 2.75) is 46.5 Å². The van der Waals surface area contributed by atoms with Crippen LogP contribution >= 0.6 is 11.6 Å². The molecule has 0 amide bonds. The highest BCUT2D eigenvalue weighted by Crippen LogP contribution is 2.36. The molecular weight excluding hydrogens is 258 g/mol. The van der Waals surface area contributed by atoms with Crippen LogP contribution in [0.5, 0.6) is 0 Å². The third-order valence-corrected chi connectivity index (χ3v) is 4.07. The summed E-state index contributed by atoms with van der Waals surface area (Å²) in [5.74, 6) is 1.55. The molecule has 1 saturated carbocycles. The number of pyridine rings is 1. The van der Waals surface area contributed by atoms with Crippen LogP contribution in [-0.4, -0.2) is 10.7 Å². The van der Waals surface area contributed by atoms with Crippen molar-refractivity contribution in [2.24, 2.45) is 16.4 Å². The van der Waals surface area contributed by atoms with Crippen molar-refractivity contribution in [3.63, 3.8) is 0 Å². The standard InChI is InChI=1S/C15H22ClN3/c1-15(2,3)11-4-7-13(8-5-11)18-19-14-9-6-12(16)10-17-14/h6,9-11H,4-5,7-8H2,1-3H3,(H,17,19). The normalized spacial score (nSPS) is 20.2. The zero-order valence-corrected chi connectivity index (χ0v) is 12.7. The molecule has 3 nitrogen and oxygen atoms in total. The summed E-state index contributed by atoms with van der Waals surface area (Å²) in [5.41, 5.74) is 4.67. The Labute approximate surface area is 120 Å². The van der Waals surface area contributed by atoms with E-state index in [1.165, 1.54) is 18.6 Å². The highest BCUT2D eigenvalue weighted by molar-refractivity contribution is 6.30. The highest BCUT2D eigenvalue weighted by Gasteiger charge is 2.27. The van der Waals surface area contributed by atoms with E-state index in [1.807, 2.05) is 12.1 Å². The number of anilines is 1. The number of halogens is 1. The van der Waals surface area contributed by atoms with Crippen molar-refractivity contribution in [3.8, 4) is 0 Å². The van der Waals surface area contributed by atoms with Crippen molar-refractivity contribution in [3.05, 3.63) is 23.4 Å². The number of hydrogen-bond donors (Lipinski definition) is 1. The molecule has 2 rings (SSSR count). The van der Waals surface area contributed by atoms with Gasteiger partial charge < -0.3 is 0 Å². The Morgan fingerprint density at radius 3 is 2.47 bits per heavy atom. The molecular formula is C15H22ClN3. The summed E-state index contributed by atoms with van der Waals surface area (Å²) in [6.07, 6.45) is 6.27. The number of rotatable bonds is 2. The van der Waals surface area contributed by atoms with Gasteiger partial charge in [0, 0.05) is 11.9 Å². The number of hydrazone groups is 1. The van der Waals surface area contributed by atoms with Crippen molar-refractivity contribution >= 4 is 23.1 Å². The maximum absolute atomic E-state index is 5.79. The lowest BCUT2D eigenvalue weighted by Gasteiger charge is -2.34. The molecule has 0 radical (unpaired) electrons. The number of hydrogen-bond acceptors (Lipinski definition) is 3. The van der Waals surface area contributed by atoms with Crippen LogP contribution in [0.15, 0.2) is 23.4 Å². The van der Waals surface area contributed by atoms with Crippen LogP contribution in [0, 0.1) is 11.3 Å². The smallest absolute Gasteiger partial charge is 0.146 e. The van der Waals surface area contributed by atoms with E-state index in [9.17, 15) is 0 Å². The minimum absolute atomic E-state index is 0.413. The van der Waals surface area contributed by atoms with Gasteiger partial charge in [-0.25, -0.2) is 4.98 Å². The molecule has 1 heterocycles. The second kappa shape index (κ2) is 5.91. The summed E-state index contributed by atoms with van der Waals surface area (Å²) in [5, 5.41) is 5.10. The van der Waals surface area contributed by atoms with Crippen molar-refractivity contribution in [2.75, 3.05) is 5.43 Å². The lowest BCUT2D eigenvalue weighted by Crippen LogP contribution is -2.26. The zero-order chi connectivity index (χ0) is 13.9. The monoisotopic (exact) mass is 279 g/mol. The summed E-state index contributed by atoms with van der Waals surface area (Å²) in [6.45, 7) is 6.99. The van der Waals surface area contributed by atoms with Gasteiger partial charge in [0.1, 0.15) is 5.82 Å². The van der Waals surface area contributed by atoms with Gasteiger partial charge in [0.15, 0.2) is 0 Å². The van der Waals surface area contributed by atoms with Gasteiger partial charge in [0.2, 0.25) is 0 Å². The molecule has 1 aliphatic carbocycles. The average molecular weight is 280 g/mol.